The fraction of sp³-hybridized carbons (Fsp3) is 0.519. The van der Waals surface area contributed by atoms with Gasteiger partial charge in [-0.15, -0.1) is 0 Å². The van der Waals surface area contributed by atoms with E-state index in [0.29, 0.717) is 22.8 Å². The number of rotatable bonds is 9. The number of halogens is 2. The van der Waals surface area contributed by atoms with Crippen LogP contribution in [-0.2, 0) is 22.0 Å². The lowest BCUT2D eigenvalue weighted by molar-refractivity contribution is -0.122. The summed E-state index contributed by atoms with van der Waals surface area (Å²) in [5, 5.41) is 13.7. The van der Waals surface area contributed by atoms with E-state index in [9.17, 15) is 9.90 Å². The molecule has 2 aromatic rings. The van der Waals surface area contributed by atoms with Gasteiger partial charge in [0, 0.05) is 10.6 Å². The summed E-state index contributed by atoms with van der Waals surface area (Å²) >= 11 is 12.5. The third-order valence-electron chi connectivity index (χ3n) is 6.83. The fourth-order valence-electron chi connectivity index (χ4n) is 3.52. The first-order valence-electron chi connectivity index (χ1n) is 11.6. The summed E-state index contributed by atoms with van der Waals surface area (Å²) < 4.78 is 6.15. The van der Waals surface area contributed by atoms with Crippen molar-refractivity contribution in [1.29, 1.82) is 0 Å². The number of phenols is 1. The van der Waals surface area contributed by atoms with Gasteiger partial charge >= 0.3 is 0 Å². The molecule has 0 heterocycles. The minimum absolute atomic E-state index is 0.0425. The number of carbonyl (C=O) groups is 1. The van der Waals surface area contributed by atoms with Crippen molar-refractivity contribution in [3.8, 4) is 11.5 Å². The highest BCUT2D eigenvalue weighted by Crippen LogP contribution is 2.41. The highest BCUT2D eigenvalue weighted by atomic mass is 35.5. The number of carbonyl (C=O) groups excluding carboxylic acids is 1. The second kappa shape index (κ2) is 10.6. The standard InChI is InChI=1S/C27H37Cl2NO3/c1-9-18-20(28)15-21(24(31)23(18)29)30-25(32)16(4)33-22-13-12-17(26(5,6)10-2)14-19(22)27(7,8)11-3/h12-16,31H,9-11H2,1-8H3,(H,30,32). The highest BCUT2D eigenvalue weighted by molar-refractivity contribution is 6.37. The Bertz CT molecular complexity index is 1010. The zero-order valence-corrected chi connectivity index (χ0v) is 22.5. The van der Waals surface area contributed by atoms with E-state index in [2.05, 4.69) is 59.0 Å². The van der Waals surface area contributed by atoms with Gasteiger partial charge in [0.2, 0.25) is 0 Å². The summed E-state index contributed by atoms with van der Waals surface area (Å²) in [7, 11) is 0. The van der Waals surface area contributed by atoms with E-state index in [1.165, 1.54) is 11.6 Å². The molecule has 182 valence electrons. The zero-order chi connectivity index (χ0) is 25.1. The number of hydrogen-bond donors (Lipinski definition) is 2. The molecular formula is C27H37Cl2NO3. The van der Waals surface area contributed by atoms with Gasteiger partial charge in [-0.3, -0.25) is 4.79 Å². The third kappa shape index (κ3) is 5.96. The summed E-state index contributed by atoms with van der Waals surface area (Å²) in [6.45, 7) is 16.7. The van der Waals surface area contributed by atoms with Crippen molar-refractivity contribution in [2.75, 3.05) is 5.32 Å². The van der Waals surface area contributed by atoms with Crippen molar-refractivity contribution >= 4 is 34.8 Å². The monoisotopic (exact) mass is 493 g/mol. The number of amides is 1. The van der Waals surface area contributed by atoms with Crippen molar-refractivity contribution in [1.82, 2.24) is 0 Å². The molecule has 0 saturated heterocycles. The van der Waals surface area contributed by atoms with Crippen molar-refractivity contribution in [2.45, 2.75) is 91.6 Å². The molecule has 0 aliphatic rings. The van der Waals surface area contributed by atoms with Crippen LogP contribution in [0.1, 0.15) is 84.9 Å². The van der Waals surface area contributed by atoms with Gasteiger partial charge in [0.15, 0.2) is 11.9 Å². The van der Waals surface area contributed by atoms with Crippen molar-refractivity contribution in [2.24, 2.45) is 0 Å². The average Bonchev–Trinajstić information content (AvgIpc) is 2.77. The number of anilines is 1. The summed E-state index contributed by atoms with van der Waals surface area (Å²) in [4.78, 5) is 12.9. The maximum atomic E-state index is 12.9. The molecular weight excluding hydrogens is 457 g/mol. The van der Waals surface area contributed by atoms with E-state index in [0.717, 1.165) is 18.4 Å². The van der Waals surface area contributed by atoms with Gasteiger partial charge in [-0.05, 0) is 60.3 Å². The van der Waals surface area contributed by atoms with E-state index in [1.54, 1.807) is 6.92 Å². The molecule has 0 bridgehead atoms. The van der Waals surface area contributed by atoms with Gasteiger partial charge in [-0.2, -0.15) is 0 Å². The van der Waals surface area contributed by atoms with Crippen LogP contribution in [0.3, 0.4) is 0 Å². The van der Waals surface area contributed by atoms with Gasteiger partial charge in [0.25, 0.3) is 5.91 Å². The second-order valence-corrected chi connectivity index (χ2v) is 10.6. The molecule has 2 N–H and O–H groups in total. The van der Waals surface area contributed by atoms with Gasteiger partial charge in [-0.25, -0.2) is 0 Å². The predicted octanol–water partition coefficient (Wildman–Crippen LogP) is 8.04. The highest BCUT2D eigenvalue weighted by Gasteiger charge is 2.28. The minimum Gasteiger partial charge on any atom is -0.504 e. The summed E-state index contributed by atoms with van der Waals surface area (Å²) in [5.41, 5.74) is 3.04. The lowest BCUT2D eigenvalue weighted by Crippen LogP contribution is -2.31. The van der Waals surface area contributed by atoms with Crippen LogP contribution in [0.15, 0.2) is 24.3 Å². The topological polar surface area (TPSA) is 58.6 Å². The maximum absolute atomic E-state index is 12.9. The first-order chi connectivity index (χ1) is 15.3. The molecule has 0 saturated carbocycles. The normalized spacial score (nSPS) is 13.0. The average molecular weight is 495 g/mol. The number of aromatic hydroxyl groups is 1. The first kappa shape index (κ1) is 27.3. The SMILES string of the molecule is CCc1c(Cl)cc(NC(=O)C(C)Oc2ccc(C(C)(C)CC)cc2C(C)(C)CC)c(O)c1Cl. The van der Waals surface area contributed by atoms with Gasteiger partial charge in [-0.1, -0.05) is 83.8 Å². The van der Waals surface area contributed by atoms with Gasteiger partial charge in [0.05, 0.1) is 10.7 Å². The summed E-state index contributed by atoms with van der Waals surface area (Å²) in [5.74, 6) is 0.0825. The molecule has 6 heteroatoms. The fourth-order valence-corrected chi connectivity index (χ4v) is 4.25. The molecule has 1 amide bonds. The Balaban J connectivity index is 2.34. The largest absolute Gasteiger partial charge is 0.504 e. The molecule has 0 spiro atoms. The van der Waals surface area contributed by atoms with Crippen molar-refractivity contribution in [3.63, 3.8) is 0 Å². The number of nitrogens with one attached hydrogen (secondary N) is 1. The first-order valence-corrected chi connectivity index (χ1v) is 12.4. The molecule has 1 atom stereocenters. The Morgan fingerprint density at radius 3 is 2.21 bits per heavy atom. The Morgan fingerprint density at radius 1 is 1.06 bits per heavy atom. The molecule has 0 aromatic heterocycles. The summed E-state index contributed by atoms with van der Waals surface area (Å²) in [6, 6.07) is 7.76. The molecule has 0 radical (unpaired) electrons. The number of phenolic OH excluding ortho intramolecular Hbond substituents is 1. The number of ether oxygens (including phenoxy) is 1. The molecule has 2 rings (SSSR count). The van der Waals surface area contributed by atoms with Gasteiger partial charge in [0.1, 0.15) is 5.75 Å². The van der Waals surface area contributed by atoms with Crippen molar-refractivity contribution in [3.05, 3.63) is 51.0 Å². The third-order valence-corrected chi connectivity index (χ3v) is 7.57. The lowest BCUT2D eigenvalue weighted by atomic mass is 9.76. The quantitative estimate of drug-likeness (QED) is 0.347. The molecule has 1 unspecified atom stereocenters. The van der Waals surface area contributed by atoms with E-state index in [-0.39, 0.29) is 27.3 Å². The summed E-state index contributed by atoms with van der Waals surface area (Å²) in [6.07, 6.45) is 1.71. The molecule has 0 aliphatic heterocycles. The minimum atomic E-state index is -0.802. The Hall–Kier alpha value is -1.91. The molecule has 0 fully saturated rings. The number of hydrogen-bond acceptors (Lipinski definition) is 3. The van der Waals surface area contributed by atoms with Crippen LogP contribution >= 0.6 is 23.2 Å². The smallest absolute Gasteiger partial charge is 0.265 e. The van der Waals surface area contributed by atoms with Crippen LogP contribution in [0.5, 0.6) is 11.5 Å². The van der Waals surface area contributed by atoms with Crippen molar-refractivity contribution < 1.29 is 14.6 Å². The maximum Gasteiger partial charge on any atom is 0.265 e. The van der Waals surface area contributed by atoms with Crippen LogP contribution in [-0.4, -0.2) is 17.1 Å². The van der Waals surface area contributed by atoms with Crippen LogP contribution in [0.2, 0.25) is 10.0 Å². The Morgan fingerprint density at radius 2 is 1.67 bits per heavy atom. The zero-order valence-electron chi connectivity index (χ0n) is 21.0. The molecule has 4 nitrogen and oxygen atoms in total. The van der Waals surface area contributed by atoms with Crippen LogP contribution in [0, 0.1) is 0 Å². The van der Waals surface area contributed by atoms with E-state index >= 15 is 0 Å². The number of benzene rings is 2. The van der Waals surface area contributed by atoms with Crippen LogP contribution < -0.4 is 10.1 Å². The molecule has 2 aromatic carbocycles. The molecule has 0 aliphatic carbocycles. The van der Waals surface area contributed by atoms with Crippen LogP contribution in [0.25, 0.3) is 0 Å². The second-order valence-electron chi connectivity index (χ2n) is 9.84. The van der Waals surface area contributed by atoms with E-state index < -0.39 is 12.0 Å². The van der Waals surface area contributed by atoms with E-state index in [1.807, 2.05) is 13.0 Å². The Kier molecular flexibility index (Phi) is 8.75. The van der Waals surface area contributed by atoms with E-state index in [4.69, 9.17) is 27.9 Å². The molecule has 33 heavy (non-hydrogen) atoms. The van der Waals surface area contributed by atoms with Crippen LogP contribution in [0.4, 0.5) is 5.69 Å². The Labute approximate surface area is 208 Å². The lowest BCUT2D eigenvalue weighted by Gasteiger charge is -2.31. The predicted molar refractivity (Wildman–Crippen MR) is 139 cm³/mol. The van der Waals surface area contributed by atoms with Gasteiger partial charge < -0.3 is 15.2 Å².